The number of oxazole rings is 1. The highest BCUT2D eigenvalue weighted by Gasteiger charge is 2.19. The lowest BCUT2D eigenvalue weighted by Crippen LogP contribution is -2.09. The quantitative estimate of drug-likeness (QED) is 0.863. The van der Waals surface area contributed by atoms with E-state index in [0.29, 0.717) is 17.5 Å². The third-order valence-electron chi connectivity index (χ3n) is 2.68. The summed E-state index contributed by atoms with van der Waals surface area (Å²) in [6, 6.07) is 0. The molecule has 0 amide bonds. The number of hydrogen-bond donors (Lipinski definition) is 1. The van der Waals surface area contributed by atoms with E-state index < -0.39 is 0 Å². The number of rotatable bonds is 4. The predicted octanol–water partition coefficient (Wildman–Crippen LogP) is 1.89. The zero-order chi connectivity index (χ0) is 14.0. The van der Waals surface area contributed by atoms with Crippen molar-refractivity contribution in [2.45, 2.75) is 43.7 Å². The van der Waals surface area contributed by atoms with Crippen LogP contribution in [0.2, 0.25) is 0 Å². The minimum Gasteiger partial charge on any atom is -0.444 e. The first kappa shape index (κ1) is 14.1. The van der Waals surface area contributed by atoms with E-state index in [1.54, 1.807) is 10.8 Å². The molecule has 2 rings (SSSR count). The molecular weight excluding hydrogens is 264 g/mol. The first-order valence-electron chi connectivity index (χ1n) is 5.99. The van der Waals surface area contributed by atoms with E-state index in [9.17, 15) is 0 Å². The zero-order valence-corrected chi connectivity index (χ0v) is 12.4. The van der Waals surface area contributed by atoms with Crippen molar-refractivity contribution in [2.24, 2.45) is 7.05 Å². The van der Waals surface area contributed by atoms with Crippen LogP contribution in [0.15, 0.2) is 15.8 Å². The van der Waals surface area contributed by atoms with Crippen LogP contribution in [0.4, 0.5) is 0 Å². The van der Waals surface area contributed by atoms with Gasteiger partial charge in [0.15, 0.2) is 11.0 Å². The Hall–Kier alpha value is -1.34. The standard InChI is InChI=1S/C12H18N4O2S/c1-12(2,3)8-5-13-10(18-8)7-19-11-15-14-9(6-17)16(11)4/h5,17H,6-7H2,1-4H3. The lowest BCUT2D eigenvalue weighted by Gasteiger charge is -2.12. The van der Waals surface area contributed by atoms with Crippen molar-refractivity contribution in [1.29, 1.82) is 0 Å². The molecule has 0 fully saturated rings. The summed E-state index contributed by atoms with van der Waals surface area (Å²) in [6.07, 6.45) is 1.77. The fraction of sp³-hybridized carbons (Fsp3) is 0.583. The summed E-state index contributed by atoms with van der Waals surface area (Å²) in [5.41, 5.74) is -0.0370. The number of aliphatic hydroxyl groups excluding tert-OH is 1. The van der Waals surface area contributed by atoms with Crippen molar-refractivity contribution in [1.82, 2.24) is 19.7 Å². The minimum absolute atomic E-state index is 0.0370. The highest BCUT2D eigenvalue weighted by Crippen LogP contribution is 2.26. The second kappa shape index (κ2) is 5.34. The number of hydrogen-bond acceptors (Lipinski definition) is 6. The fourth-order valence-electron chi connectivity index (χ4n) is 1.46. The normalized spacial score (nSPS) is 12.1. The SMILES string of the molecule is Cn1c(CO)nnc1SCc1ncc(C(C)(C)C)o1. The van der Waals surface area contributed by atoms with Crippen LogP contribution < -0.4 is 0 Å². The molecule has 0 aliphatic heterocycles. The maximum atomic E-state index is 9.05. The molecule has 0 bridgehead atoms. The summed E-state index contributed by atoms with van der Waals surface area (Å²) in [5.74, 6) is 2.68. The van der Waals surface area contributed by atoms with Gasteiger partial charge in [0, 0.05) is 12.5 Å². The van der Waals surface area contributed by atoms with Crippen molar-refractivity contribution in [3.05, 3.63) is 23.7 Å². The van der Waals surface area contributed by atoms with Crippen molar-refractivity contribution in [3.63, 3.8) is 0 Å². The van der Waals surface area contributed by atoms with Gasteiger partial charge in [-0.1, -0.05) is 32.5 Å². The highest BCUT2D eigenvalue weighted by atomic mass is 32.2. The van der Waals surface area contributed by atoms with Gasteiger partial charge in [-0.15, -0.1) is 10.2 Å². The summed E-state index contributed by atoms with van der Waals surface area (Å²) in [4.78, 5) is 4.26. The van der Waals surface area contributed by atoms with E-state index in [-0.39, 0.29) is 12.0 Å². The second-order valence-electron chi connectivity index (χ2n) is 5.27. The Labute approximate surface area is 116 Å². The molecular formula is C12H18N4O2S. The van der Waals surface area contributed by atoms with Crippen LogP contribution >= 0.6 is 11.8 Å². The molecule has 2 aromatic heterocycles. The number of aliphatic hydroxyl groups is 1. The molecule has 0 radical (unpaired) electrons. The number of thioether (sulfide) groups is 1. The van der Waals surface area contributed by atoms with Crippen LogP contribution in [0.25, 0.3) is 0 Å². The second-order valence-corrected chi connectivity index (χ2v) is 6.22. The van der Waals surface area contributed by atoms with Gasteiger partial charge in [0.1, 0.15) is 12.4 Å². The van der Waals surface area contributed by atoms with Crippen LogP contribution in [-0.2, 0) is 24.8 Å². The molecule has 2 heterocycles. The van der Waals surface area contributed by atoms with Gasteiger partial charge in [0.2, 0.25) is 5.89 Å². The summed E-state index contributed by atoms with van der Waals surface area (Å²) in [6.45, 7) is 6.14. The average molecular weight is 282 g/mol. The molecule has 0 atom stereocenters. The van der Waals surface area contributed by atoms with E-state index >= 15 is 0 Å². The van der Waals surface area contributed by atoms with Gasteiger partial charge in [0.25, 0.3) is 0 Å². The van der Waals surface area contributed by atoms with Crippen LogP contribution in [0, 0.1) is 0 Å². The third kappa shape index (κ3) is 3.16. The van der Waals surface area contributed by atoms with Gasteiger partial charge in [-0.3, -0.25) is 0 Å². The maximum absolute atomic E-state index is 9.05. The molecule has 2 aromatic rings. The number of nitrogens with zero attached hydrogens (tertiary/aromatic N) is 4. The Bertz CT molecular complexity index is 556. The number of aromatic nitrogens is 4. The molecule has 0 aromatic carbocycles. The fourth-order valence-corrected chi connectivity index (χ4v) is 2.24. The van der Waals surface area contributed by atoms with Gasteiger partial charge >= 0.3 is 0 Å². The van der Waals surface area contributed by atoms with Crippen molar-refractivity contribution in [3.8, 4) is 0 Å². The first-order chi connectivity index (χ1) is 8.91. The topological polar surface area (TPSA) is 77.0 Å². The van der Waals surface area contributed by atoms with Crippen LogP contribution in [0.3, 0.4) is 0 Å². The molecule has 0 saturated carbocycles. The van der Waals surface area contributed by atoms with Gasteiger partial charge in [0.05, 0.1) is 11.9 Å². The molecule has 104 valence electrons. The Morgan fingerprint density at radius 2 is 2.11 bits per heavy atom. The Kier molecular flexibility index (Phi) is 3.96. The van der Waals surface area contributed by atoms with Crippen LogP contribution in [0.1, 0.15) is 38.2 Å². The molecule has 0 saturated heterocycles. The van der Waals surface area contributed by atoms with Crippen LogP contribution in [-0.4, -0.2) is 24.9 Å². The zero-order valence-electron chi connectivity index (χ0n) is 11.5. The summed E-state index contributed by atoms with van der Waals surface area (Å²) < 4.78 is 7.47. The monoisotopic (exact) mass is 282 g/mol. The van der Waals surface area contributed by atoms with E-state index in [2.05, 4.69) is 36.0 Å². The van der Waals surface area contributed by atoms with Gasteiger partial charge < -0.3 is 14.1 Å². The predicted molar refractivity (Wildman–Crippen MR) is 71.7 cm³/mol. The summed E-state index contributed by atoms with van der Waals surface area (Å²) >= 11 is 1.48. The molecule has 19 heavy (non-hydrogen) atoms. The summed E-state index contributed by atoms with van der Waals surface area (Å²) in [7, 11) is 1.82. The van der Waals surface area contributed by atoms with E-state index in [4.69, 9.17) is 9.52 Å². The van der Waals surface area contributed by atoms with Crippen molar-refractivity contribution >= 4 is 11.8 Å². The van der Waals surface area contributed by atoms with E-state index in [1.807, 2.05) is 7.05 Å². The van der Waals surface area contributed by atoms with Gasteiger partial charge in [-0.25, -0.2) is 4.98 Å². The molecule has 0 aliphatic carbocycles. The van der Waals surface area contributed by atoms with Gasteiger partial charge in [-0.2, -0.15) is 0 Å². The van der Waals surface area contributed by atoms with Gasteiger partial charge in [-0.05, 0) is 0 Å². The molecule has 0 aliphatic rings. The Morgan fingerprint density at radius 1 is 1.37 bits per heavy atom. The largest absolute Gasteiger partial charge is 0.444 e. The summed E-state index contributed by atoms with van der Waals surface area (Å²) in [5, 5.41) is 17.7. The Morgan fingerprint density at radius 3 is 2.63 bits per heavy atom. The molecule has 0 spiro atoms. The minimum atomic E-state index is -0.114. The smallest absolute Gasteiger partial charge is 0.204 e. The lowest BCUT2D eigenvalue weighted by molar-refractivity contribution is 0.266. The molecule has 0 unspecified atom stereocenters. The molecule has 1 N–H and O–H groups in total. The third-order valence-corrected chi connectivity index (χ3v) is 3.69. The molecule has 6 nitrogen and oxygen atoms in total. The first-order valence-corrected chi connectivity index (χ1v) is 6.97. The van der Waals surface area contributed by atoms with E-state index in [0.717, 1.165) is 10.9 Å². The van der Waals surface area contributed by atoms with E-state index in [1.165, 1.54) is 11.8 Å². The maximum Gasteiger partial charge on any atom is 0.204 e. The average Bonchev–Trinajstić information content (AvgIpc) is 2.93. The van der Waals surface area contributed by atoms with Crippen molar-refractivity contribution < 1.29 is 9.52 Å². The Balaban J connectivity index is 2.02. The molecule has 7 heteroatoms. The lowest BCUT2D eigenvalue weighted by atomic mass is 9.94. The van der Waals surface area contributed by atoms with Crippen LogP contribution in [0.5, 0.6) is 0 Å². The highest BCUT2D eigenvalue weighted by molar-refractivity contribution is 7.98. The van der Waals surface area contributed by atoms with Crippen molar-refractivity contribution in [2.75, 3.05) is 0 Å².